The summed E-state index contributed by atoms with van der Waals surface area (Å²) in [5, 5.41) is 10.9. The summed E-state index contributed by atoms with van der Waals surface area (Å²) < 4.78 is 5.14. The highest BCUT2D eigenvalue weighted by Crippen LogP contribution is 2.28. The molecule has 1 atom stereocenters. The third-order valence-electron chi connectivity index (χ3n) is 3.57. The van der Waals surface area contributed by atoms with E-state index in [9.17, 15) is 5.11 Å². The Labute approximate surface area is 120 Å². The zero-order valence-electron chi connectivity index (χ0n) is 11.4. The summed E-state index contributed by atoms with van der Waals surface area (Å²) in [5.74, 6) is 0. The second-order valence-corrected chi connectivity index (χ2v) is 5.56. The van der Waals surface area contributed by atoms with Crippen molar-refractivity contribution in [3.63, 3.8) is 0 Å². The molecule has 0 radical (unpaired) electrons. The number of hydrogen-bond acceptors (Lipinski definition) is 3. The van der Waals surface area contributed by atoms with Crippen LogP contribution in [0.2, 0.25) is 5.02 Å². The van der Waals surface area contributed by atoms with Crippen LogP contribution in [-0.2, 0) is 4.74 Å². The van der Waals surface area contributed by atoms with Gasteiger partial charge in [0.15, 0.2) is 0 Å². The predicted molar refractivity (Wildman–Crippen MR) is 77.5 cm³/mol. The first-order valence-corrected chi connectivity index (χ1v) is 7.25. The van der Waals surface area contributed by atoms with Crippen LogP contribution in [-0.4, -0.2) is 42.9 Å². The topological polar surface area (TPSA) is 32.7 Å². The molecule has 0 saturated heterocycles. The molecule has 0 spiro atoms. The Balaban J connectivity index is 1.82. The van der Waals surface area contributed by atoms with E-state index in [0.29, 0.717) is 11.1 Å². The average molecular weight is 284 g/mol. The van der Waals surface area contributed by atoms with Gasteiger partial charge in [-0.2, -0.15) is 0 Å². The smallest absolute Gasteiger partial charge is 0.0802 e. The summed E-state index contributed by atoms with van der Waals surface area (Å²) in [6.45, 7) is 2.61. The van der Waals surface area contributed by atoms with Gasteiger partial charge in [-0.15, -0.1) is 0 Å². The number of ether oxygens (including phenoxy) is 1. The fraction of sp³-hybridized carbons (Fsp3) is 0.600. The predicted octanol–water partition coefficient (Wildman–Crippen LogP) is 2.87. The van der Waals surface area contributed by atoms with Gasteiger partial charge in [0.2, 0.25) is 0 Å². The molecule has 1 aromatic rings. The van der Waals surface area contributed by atoms with Crippen molar-refractivity contribution in [2.24, 2.45) is 0 Å². The minimum atomic E-state index is -0.442. The fourth-order valence-electron chi connectivity index (χ4n) is 2.29. The first-order chi connectivity index (χ1) is 9.20. The summed E-state index contributed by atoms with van der Waals surface area (Å²) in [6.07, 6.45) is 2.84. The lowest BCUT2D eigenvalue weighted by atomic mass is 10.1. The number of aliphatic hydroxyl groups excluding tert-OH is 1. The van der Waals surface area contributed by atoms with Gasteiger partial charge in [-0.1, -0.05) is 23.7 Å². The van der Waals surface area contributed by atoms with Crippen molar-refractivity contribution in [3.8, 4) is 0 Å². The lowest BCUT2D eigenvalue weighted by Crippen LogP contribution is -2.31. The average Bonchev–Trinajstić information content (AvgIpc) is 3.23. The number of aliphatic hydroxyl groups is 1. The van der Waals surface area contributed by atoms with Crippen LogP contribution in [0.3, 0.4) is 0 Å². The maximum Gasteiger partial charge on any atom is 0.0802 e. The van der Waals surface area contributed by atoms with E-state index in [1.807, 2.05) is 24.3 Å². The number of rotatable bonds is 8. The van der Waals surface area contributed by atoms with Crippen LogP contribution < -0.4 is 0 Å². The van der Waals surface area contributed by atoms with Crippen LogP contribution in [0, 0.1) is 0 Å². The van der Waals surface area contributed by atoms with Crippen molar-refractivity contribution in [2.75, 3.05) is 26.8 Å². The Kier molecular flexibility index (Phi) is 5.64. The molecule has 1 aromatic carbocycles. The molecule has 4 heteroatoms. The molecule has 1 aliphatic carbocycles. The minimum absolute atomic E-state index is 0.442. The molecule has 3 nitrogen and oxygen atoms in total. The molecular formula is C15H22ClNO2. The molecule has 19 heavy (non-hydrogen) atoms. The van der Waals surface area contributed by atoms with Crippen molar-refractivity contribution in [1.29, 1.82) is 0 Å². The Bertz CT molecular complexity index is 395. The lowest BCUT2D eigenvalue weighted by molar-refractivity contribution is 0.113. The largest absolute Gasteiger partial charge is 0.388 e. The number of methoxy groups -OCH3 is 1. The molecule has 0 amide bonds. The Hall–Kier alpha value is -0.610. The number of benzene rings is 1. The van der Waals surface area contributed by atoms with E-state index in [1.54, 1.807) is 7.11 Å². The van der Waals surface area contributed by atoms with E-state index in [4.69, 9.17) is 16.3 Å². The maximum absolute atomic E-state index is 10.2. The summed E-state index contributed by atoms with van der Waals surface area (Å²) in [6, 6.07) is 8.16. The highest BCUT2D eigenvalue weighted by molar-refractivity contribution is 6.30. The van der Waals surface area contributed by atoms with Gasteiger partial charge >= 0.3 is 0 Å². The van der Waals surface area contributed by atoms with Crippen LogP contribution in [0.4, 0.5) is 0 Å². The molecule has 0 bridgehead atoms. The maximum atomic E-state index is 10.2. The van der Waals surface area contributed by atoms with E-state index in [-0.39, 0.29) is 0 Å². The normalized spacial score (nSPS) is 16.8. The Morgan fingerprint density at radius 2 is 2.21 bits per heavy atom. The highest BCUT2D eigenvalue weighted by Gasteiger charge is 2.28. The van der Waals surface area contributed by atoms with E-state index in [1.165, 1.54) is 12.8 Å². The first-order valence-electron chi connectivity index (χ1n) is 6.87. The first kappa shape index (κ1) is 14.8. The summed E-state index contributed by atoms with van der Waals surface area (Å²) in [4.78, 5) is 2.41. The van der Waals surface area contributed by atoms with Crippen LogP contribution >= 0.6 is 11.6 Å². The van der Waals surface area contributed by atoms with E-state index >= 15 is 0 Å². The van der Waals surface area contributed by atoms with Gasteiger partial charge in [-0.05, 0) is 37.0 Å². The second kappa shape index (κ2) is 7.25. The molecule has 0 aliphatic heterocycles. The minimum Gasteiger partial charge on any atom is -0.388 e. The van der Waals surface area contributed by atoms with Crippen LogP contribution in [0.5, 0.6) is 0 Å². The van der Waals surface area contributed by atoms with Gasteiger partial charge in [-0.25, -0.2) is 0 Å². The zero-order chi connectivity index (χ0) is 13.7. The van der Waals surface area contributed by atoms with E-state index < -0.39 is 6.10 Å². The van der Waals surface area contributed by atoms with E-state index in [2.05, 4.69) is 4.90 Å². The van der Waals surface area contributed by atoms with Crippen molar-refractivity contribution in [3.05, 3.63) is 34.9 Å². The summed E-state index contributed by atoms with van der Waals surface area (Å²) >= 11 is 5.94. The number of nitrogens with zero attached hydrogens (tertiary/aromatic N) is 1. The quantitative estimate of drug-likeness (QED) is 0.796. The highest BCUT2D eigenvalue weighted by atomic mass is 35.5. The molecular weight excluding hydrogens is 262 g/mol. The van der Waals surface area contributed by atoms with Gasteiger partial charge in [0.25, 0.3) is 0 Å². The Morgan fingerprint density at radius 3 is 2.84 bits per heavy atom. The van der Waals surface area contributed by atoms with Gasteiger partial charge in [-0.3, -0.25) is 4.90 Å². The standard InChI is InChI=1S/C15H22ClNO2/c1-19-10-9-17(14-5-6-14)8-7-15(18)12-3-2-4-13(16)11-12/h2-4,11,14-15,18H,5-10H2,1H3. The van der Waals surface area contributed by atoms with Crippen molar-refractivity contribution < 1.29 is 9.84 Å². The number of halogens is 1. The van der Waals surface area contributed by atoms with Crippen LogP contribution in [0.25, 0.3) is 0 Å². The Morgan fingerprint density at radius 1 is 1.42 bits per heavy atom. The van der Waals surface area contributed by atoms with Gasteiger partial charge < -0.3 is 9.84 Å². The molecule has 1 saturated carbocycles. The third-order valence-corrected chi connectivity index (χ3v) is 3.80. The third kappa shape index (κ3) is 4.77. The molecule has 0 heterocycles. The summed E-state index contributed by atoms with van der Waals surface area (Å²) in [5.41, 5.74) is 0.898. The van der Waals surface area contributed by atoms with E-state index in [0.717, 1.165) is 31.7 Å². The van der Waals surface area contributed by atoms with Crippen LogP contribution in [0.15, 0.2) is 24.3 Å². The molecule has 1 aliphatic rings. The monoisotopic (exact) mass is 283 g/mol. The van der Waals surface area contributed by atoms with Crippen molar-refractivity contribution in [2.45, 2.75) is 31.4 Å². The van der Waals surface area contributed by atoms with Gasteiger partial charge in [0.05, 0.1) is 12.7 Å². The van der Waals surface area contributed by atoms with Gasteiger partial charge in [0.1, 0.15) is 0 Å². The zero-order valence-corrected chi connectivity index (χ0v) is 12.1. The molecule has 0 aromatic heterocycles. The SMILES string of the molecule is COCCN(CCC(O)c1cccc(Cl)c1)C1CC1. The van der Waals surface area contributed by atoms with Gasteiger partial charge in [0, 0.05) is 31.3 Å². The van der Waals surface area contributed by atoms with Crippen molar-refractivity contribution >= 4 is 11.6 Å². The molecule has 1 unspecified atom stereocenters. The molecule has 106 valence electrons. The fourth-order valence-corrected chi connectivity index (χ4v) is 2.49. The number of hydrogen-bond donors (Lipinski definition) is 1. The molecule has 2 rings (SSSR count). The molecule has 1 fully saturated rings. The molecule has 1 N–H and O–H groups in total. The second-order valence-electron chi connectivity index (χ2n) is 5.12. The lowest BCUT2D eigenvalue weighted by Gasteiger charge is -2.23. The van der Waals surface area contributed by atoms with Crippen molar-refractivity contribution in [1.82, 2.24) is 4.90 Å². The van der Waals surface area contributed by atoms with Crippen LogP contribution in [0.1, 0.15) is 30.9 Å². The summed E-state index contributed by atoms with van der Waals surface area (Å²) in [7, 11) is 1.73.